The van der Waals surface area contributed by atoms with Gasteiger partial charge < -0.3 is 15.5 Å². The van der Waals surface area contributed by atoms with Crippen LogP contribution >= 0.6 is 0 Å². The lowest BCUT2D eigenvalue weighted by molar-refractivity contribution is 0.222. The Labute approximate surface area is 81.9 Å². The maximum atomic E-state index is 5.62. The number of nitrogens with two attached hydrogens (primary N) is 1. The third-order valence-corrected chi connectivity index (χ3v) is 3.13. The molecule has 0 bridgehead atoms. The Morgan fingerprint density at radius 3 is 2.77 bits per heavy atom. The molecule has 0 amide bonds. The van der Waals surface area contributed by atoms with Crippen LogP contribution in [-0.2, 0) is 0 Å². The fourth-order valence-electron chi connectivity index (χ4n) is 1.94. The zero-order chi connectivity index (χ0) is 9.84. The number of hydrogen-bond donors (Lipinski definition) is 1. The summed E-state index contributed by atoms with van der Waals surface area (Å²) in [7, 11) is 4.38. The number of hydrogen-bond acceptors (Lipinski definition) is 3. The molecule has 0 aliphatic carbocycles. The molecule has 0 spiro atoms. The normalized spacial score (nSPS) is 27.0. The summed E-state index contributed by atoms with van der Waals surface area (Å²) in [5.41, 5.74) is 5.62. The Morgan fingerprint density at radius 1 is 1.62 bits per heavy atom. The molecule has 78 valence electrons. The first-order chi connectivity index (χ1) is 6.13. The first-order valence-electron chi connectivity index (χ1n) is 5.22. The summed E-state index contributed by atoms with van der Waals surface area (Å²) in [5.74, 6) is 0.851. The van der Waals surface area contributed by atoms with Crippen LogP contribution in [0.5, 0.6) is 0 Å². The van der Waals surface area contributed by atoms with E-state index in [0.717, 1.165) is 12.5 Å². The van der Waals surface area contributed by atoms with Gasteiger partial charge in [0.15, 0.2) is 0 Å². The standard InChI is InChI=1S/C10H23N3/c1-9(6-11)13(3)8-10-4-5-12(2)7-10/h9-10H,4-8,11H2,1-3H3. The molecule has 1 heterocycles. The molecule has 1 aliphatic rings. The number of rotatable bonds is 4. The van der Waals surface area contributed by atoms with Crippen LogP contribution in [0.2, 0.25) is 0 Å². The monoisotopic (exact) mass is 185 g/mol. The molecule has 1 fully saturated rings. The van der Waals surface area contributed by atoms with Crippen LogP contribution in [-0.4, -0.2) is 56.1 Å². The molecule has 0 aromatic rings. The van der Waals surface area contributed by atoms with Gasteiger partial charge in [0.2, 0.25) is 0 Å². The maximum Gasteiger partial charge on any atom is 0.0187 e. The van der Waals surface area contributed by atoms with Gasteiger partial charge in [-0.15, -0.1) is 0 Å². The molecule has 13 heavy (non-hydrogen) atoms. The van der Waals surface area contributed by atoms with Crippen molar-refractivity contribution in [3.8, 4) is 0 Å². The predicted molar refractivity (Wildman–Crippen MR) is 56.8 cm³/mol. The van der Waals surface area contributed by atoms with Gasteiger partial charge in [-0.25, -0.2) is 0 Å². The van der Waals surface area contributed by atoms with E-state index in [4.69, 9.17) is 5.73 Å². The summed E-state index contributed by atoms with van der Waals surface area (Å²) in [6.45, 7) is 6.66. The summed E-state index contributed by atoms with van der Waals surface area (Å²) in [4.78, 5) is 4.79. The average molecular weight is 185 g/mol. The van der Waals surface area contributed by atoms with E-state index in [1.165, 1.54) is 26.1 Å². The highest BCUT2D eigenvalue weighted by atomic mass is 15.2. The fourth-order valence-corrected chi connectivity index (χ4v) is 1.94. The van der Waals surface area contributed by atoms with E-state index in [1.807, 2.05) is 0 Å². The molecule has 2 N–H and O–H groups in total. The second-order valence-corrected chi connectivity index (χ2v) is 4.44. The van der Waals surface area contributed by atoms with Crippen molar-refractivity contribution in [1.29, 1.82) is 0 Å². The van der Waals surface area contributed by atoms with E-state index in [2.05, 4.69) is 30.8 Å². The van der Waals surface area contributed by atoms with E-state index in [1.54, 1.807) is 0 Å². The van der Waals surface area contributed by atoms with Gasteiger partial charge in [0, 0.05) is 25.7 Å². The topological polar surface area (TPSA) is 32.5 Å². The van der Waals surface area contributed by atoms with E-state index in [-0.39, 0.29) is 0 Å². The van der Waals surface area contributed by atoms with Crippen LogP contribution in [0.25, 0.3) is 0 Å². The van der Waals surface area contributed by atoms with Gasteiger partial charge in [-0.05, 0) is 39.9 Å². The predicted octanol–water partition coefficient (Wildman–Crippen LogP) is 0.217. The molecule has 1 saturated heterocycles. The molecular weight excluding hydrogens is 162 g/mol. The third-order valence-electron chi connectivity index (χ3n) is 3.13. The largest absolute Gasteiger partial charge is 0.329 e. The van der Waals surface area contributed by atoms with Gasteiger partial charge in [-0.1, -0.05) is 0 Å². The molecule has 0 saturated carbocycles. The molecule has 2 unspecified atom stereocenters. The van der Waals surface area contributed by atoms with E-state index < -0.39 is 0 Å². The molecule has 0 radical (unpaired) electrons. The molecule has 1 rings (SSSR count). The first-order valence-corrected chi connectivity index (χ1v) is 5.22. The van der Waals surface area contributed by atoms with Crippen molar-refractivity contribution >= 4 is 0 Å². The van der Waals surface area contributed by atoms with Gasteiger partial charge in [0.05, 0.1) is 0 Å². The number of nitrogens with zero attached hydrogens (tertiary/aromatic N) is 2. The Balaban J connectivity index is 2.24. The lowest BCUT2D eigenvalue weighted by atomic mass is 10.1. The minimum Gasteiger partial charge on any atom is -0.329 e. The molecule has 2 atom stereocenters. The summed E-state index contributed by atoms with van der Waals surface area (Å²) >= 11 is 0. The van der Waals surface area contributed by atoms with Crippen LogP contribution in [0.4, 0.5) is 0 Å². The van der Waals surface area contributed by atoms with Crippen LogP contribution in [0, 0.1) is 5.92 Å². The molecule has 0 aromatic heterocycles. The van der Waals surface area contributed by atoms with Crippen LogP contribution in [0.1, 0.15) is 13.3 Å². The third kappa shape index (κ3) is 3.25. The van der Waals surface area contributed by atoms with Gasteiger partial charge in [-0.2, -0.15) is 0 Å². The zero-order valence-corrected chi connectivity index (χ0v) is 9.16. The van der Waals surface area contributed by atoms with Crippen molar-refractivity contribution in [2.24, 2.45) is 11.7 Å². The van der Waals surface area contributed by atoms with Crippen molar-refractivity contribution in [3.05, 3.63) is 0 Å². The van der Waals surface area contributed by atoms with Gasteiger partial charge >= 0.3 is 0 Å². The van der Waals surface area contributed by atoms with Crippen molar-refractivity contribution in [2.45, 2.75) is 19.4 Å². The highest BCUT2D eigenvalue weighted by molar-refractivity contribution is 4.77. The Hall–Kier alpha value is -0.120. The quantitative estimate of drug-likeness (QED) is 0.680. The second-order valence-electron chi connectivity index (χ2n) is 4.44. The highest BCUT2D eigenvalue weighted by Gasteiger charge is 2.21. The van der Waals surface area contributed by atoms with Crippen LogP contribution in [0.3, 0.4) is 0 Å². The van der Waals surface area contributed by atoms with Gasteiger partial charge in [0.25, 0.3) is 0 Å². The molecule has 0 aromatic carbocycles. The van der Waals surface area contributed by atoms with Crippen LogP contribution in [0.15, 0.2) is 0 Å². The minimum absolute atomic E-state index is 0.519. The lowest BCUT2D eigenvalue weighted by Gasteiger charge is -2.26. The number of likely N-dealkylation sites (N-methyl/N-ethyl adjacent to an activating group) is 1. The average Bonchev–Trinajstić information content (AvgIpc) is 2.49. The summed E-state index contributed by atoms with van der Waals surface area (Å²) in [6, 6.07) is 0.519. The fraction of sp³-hybridized carbons (Fsp3) is 1.00. The number of likely N-dealkylation sites (tertiary alicyclic amines) is 1. The SMILES string of the molecule is CC(CN)N(C)CC1CCN(C)C1. The molecule has 3 nitrogen and oxygen atoms in total. The molecule has 1 aliphatic heterocycles. The van der Waals surface area contributed by atoms with Crippen molar-refractivity contribution in [1.82, 2.24) is 9.80 Å². The Bertz CT molecular complexity index is 149. The lowest BCUT2D eigenvalue weighted by Crippen LogP contribution is -2.38. The van der Waals surface area contributed by atoms with E-state index in [9.17, 15) is 0 Å². The minimum atomic E-state index is 0.519. The molecular formula is C10H23N3. The van der Waals surface area contributed by atoms with E-state index >= 15 is 0 Å². The van der Waals surface area contributed by atoms with Crippen LogP contribution < -0.4 is 5.73 Å². The Morgan fingerprint density at radius 2 is 2.31 bits per heavy atom. The first kappa shape index (κ1) is 11.0. The summed E-state index contributed by atoms with van der Waals surface area (Å²) in [6.07, 6.45) is 1.35. The van der Waals surface area contributed by atoms with Gasteiger partial charge in [-0.3, -0.25) is 0 Å². The zero-order valence-electron chi connectivity index (χ0n) is 9.16. The summed E-state index contributed by atoms with van der Waals surface area (Å²) in [5, 5.41) is 0. The van der Waals surface area contributed by atoms with Crippen molar-refractivity contribution in [3.63, 3.8) is 0 Å². The summed E-state index contributed by atoms with van der Waals surface area (Å²) < 4.78 is 0. The van der Waals surface area contributed by atoms with Gasteiger partial charge in [0.1, 0.15) is 0 Å². The van der Waals surface area contributed by atoms with E-state index in [0.29, 0.717) is 6.04 Å². The Kier molecular flexibility index (Phi) is 4.16. The smallest absolute Gasteiger partial charge is 0.0187 e. The maximum absolute atomic E-state index is 5.62. The second kappa shape index (κ2) is 4.94. The van der Waals surface area contributed by atoms with Crippen molar-refractivity contribution in [2.75, 3.05) is 40.3 Å². The highest BCUT2D eigenvalue weighted by Crippen LogP contribution is 2.15. The van der Waals surface area contributed by atoms with Crippen molar-refractivity contribution < 1.29 is 0 Å². The molecule has 3 heteroatoms.